The maximum Gasteiger partial charge on any atom is 0.343 e. The smallest absolute Gasteiger partial charge is 0.343 e. The number of hydrogen-bond acceptors (Lipinski definition) is 2. The minimum absolute atomic E-state index is 0.514. The first-order chi connectivity index (χ1) is 14.0. The van der Waals surface area contributed by atoms with Gasteiger partial charge in [-0.25, -0.2) is 13.6 Å². The number of benzene rings is 1. The van der Waals surface area contributed by atoms with Gasteiger partial charge < -0.3 is 4.74 Å². The van der Waals surface area contributed by atoms with Crippen molar-refractivity contribution in [3.63, 3.8) is 0 Å². The van der Waals surface area contributed by atoms with Crippen LogP contribution in [0.5, 0.6) is 0 Å². The third-order valence-electron chi connectivity index (χ3n) is 8.17. The number of carbonyl (C=O) groups is 1. The lowest BCUT2D eigenvalue weighted by Gasteiger charge is -2.45. The molecule has 0 aromatic heterocycles. The fraction of sp³-hybridized carbons (Fsp3) is 0.720. The first-order valence-electron chi connectivity index (χ1n) is 11.6. The summed E-state index contributed by atoms with van der Waals surface area (Å²) in [5, 5.41) is 0. The highest BCUT2D eigenvalue weighted by molar-refractivity contribution is 5.90. The maximum absolute atomic E-state index is 14.8. The third-order valence-corrected chi connectivity index (χ3v) is 8.17. The minimum atomic E-state index is -0.929. The van der Waals surface area contributed by atoms with Gasteiger partial charge in [0.2, 0.25) is 0 Å². The number of ether oxygens (including phenoxy) is 1. The molecule has 0 radical (unpaired) electrons. The topological polar surface area (TPSA) is 26.3 Å². The first kappa shape index (κ1) is 20.8. The van der Waals surface area contributed by atoms with Crippen LogP contribution in [0.25, 0.3) is 0 Å². The van der Waals surface area contributed by atoms with Crippen LogP contribution in [-0.2, 0) is 17.6 Å². The lowest BCUT2D eigenvalue weighted by atomic mass is 9.61. The lowest BCUT2D eigenvalue weighted by molar-refractivity contribution is 0.0588. The maximum atomic E-state index is 14.8. The summed E-state index contributed by atoms with van der Waals surface area (Å²) < 4.78 is 33.8. The van der Waals surface area contributed by atoms with Crippen LogP contribution in [0.2, 0.25) is 0 Å². The average Bonchev–Trinajstić information content (AvgIpc) is 2.73. The van der Waals surface area contributed by atoms with Crippen molar-refractivity contribution in [2.45, 2.75) is 77.6 Å². The van der Waals surface area contributed by atoms with Gasteiger partial charge in [0, 0.05) is 0 Å². The van der Waals surface area contributed by atoms with Crippen LogP contribution >= 0.6 is 0 Å². The molecule has 5 atom stereocenters. The molecule has 0 heterocycles. The van der Waals surface area contributed by atoms with Crippen LogP contribution < -0.4 is 0 Å². The number of methoxy groups -OCH3 is 1. The highest BCUT2D eigenvalue weighted by Gasteiger charge is 2.39. The summed E-state index contributed by atoms with van der Waals surface area (Å²) in [5.41, 5.74) is 0.753. The second-order valence-corrected chi connectivity index (χ2v) is 9.74. The molecule has 2 saturated carbocycles. The van der Waals surface area contributed by atoms with Gasteiger partial charge in [0.05, 0.1) is 7.11 Å². The number of hydrogen-bond donors (Lipinski definition) is 0. The van der Waals surface area contributed by atoms with Gasteiger partial charge in [-0.1, -0.05) is 26.2 Å². The van der Waals surface area contributed by atoms with Crippen molar-refractivity contribution in [3.05, 3.63) is 34.4 Å². The predicted molar refractivity (Wildman–Crippen MR) is 110 cm³/mol. The van der Waals surface area contributed by atoms with E-state index in [2.05, 4.69) is 11.7 Å². The molecular formula is C25H34F2O2. The molecular weight excluding hydrogens is 370 g/mol. The van der Waals surface area contributed by atoms with Crippen LogP contribution in [0.15, 0.2) is 6.07 Å². The van der Waals surface area contributed by atoms with Gasteiger partial charge in [-0.05, 0) is 98.1 Å². The third kappa shape index (κ3) is 4.09. The molecule has 29 heavy (non-hydrogen) atoms. The monoisotopic (exact) mass is 404 g/mol. The number of fused-ring (bicyclic) bond motifs is 2. The highest BCUT2D eigenvalue weighted by Crippen LogP contribution is 2.49. The minimum Gasteiger partial charge on any atom is -0.465 e. The number of halogens is 2. The summed E-state index contributed by atoms with van der Waals surface area (Å²) in [4.78, 5) is 11.7. The first-order valence-corrected chi connectivity index (χ1v) is 11.6. The fourth-order valence-corrected chi connectivity index (χ4v) is 6.69. The molecule has 0 aliphatic heterocycles. The van der Waals surface area contributed by atoms with Crippen molar-refractivity contribution in [2.75, 3.05) is 7.11 Å². The van der Waals surface area contributed by atoms with Gasteiger partial charge in [0.25, 0.3) is 0 Å². The zero-order valence-electron chi connectivity index (χ0n) is 17.8. The van der Waals surface area contributed by atoms with Crippen molar-refractivity contribution >= 4 is 5.97 Å². The Morgan fingerprint density at radius 1 is 1.03 bits per heavy atom. The van der Waals surface area contributed by atoms with E-state index in [-0.39, 0.29) is 0 Å². The number of carbonyl (C=O) groups excluding carboxylic acids is 1. The summed E-state index contributed by atoms with van der Waals surface area (Å²) in [7, 11) is 1.16. The molecule has 4 rings (SSSR count). The van der Waals surface area contributed by atoms with Crippen molar-refractivity contribution in [1.29, 1.82) is 0 Å². The van der Waals surface area contributed by atoms with Crippen molar-refractivity contribution < 1.29 is 18.3 Å². The molecule has 0 amide bonds. The Balaban J connectivity index is 1.44. The number of esters is 1. The summed E-state index contributed by atoms with van der Waals surface area (Å²) in [5.74, 6) is 1.48. The number of rotatable bonds is 4. The van der Waals surface area contributed by atoms with E-state index in [1.807, 2.05) is 0 Å². The van der Waals surface area contributed by atoms with E-state index >= 15 is 0 Å². The van der Waals surface area contributed by atoms with Crippen molar-refractivity contribution in [3.8, 4) is 0 Å². The fourth-order valence-electron chi connectivity index (χ4n) is 6.69. The summed E-state index contributed by atoms with van der Waals surface area (Å²) in [6, 6.07) is 1.39. The van der Waals surface area contributed by atoms with Crippen molar-refractivity contribution in [1.82, 2.24) is 0 Å². The second kappa shape index (κ2) is 8.73. The SMILES string of the molecule is CCCC1CCC2CC(C3CCc4c(cc(F)c(C(=O)OC)c4F)C3)CCC2C1. The molecule has 0 bridgehead atoms. The van der Waals surface area contributed by atoms with E-state index in [9.17, 15) is 13.6 Å². The largest absolute Gasteiger partial charge is 0.465 e. The zero-order valence-corrected chi connectivity index (χ0v) is 17.8. The van der Waals surface area contributed by atoms with Crippen LogP contribution in [0.4, 0.5) is 8.78 Å². The molecule has 2 fully saturated rings. The van der Waals surface area contributed by atoms with Crippen molar-refractivity contribution in [2.24, 2.45) is 29.6 Å². The van der Waals surface area contributed by atoms with Gasteiger partial charge in [-0.2, -0.15) is 0 Å². The van der Waals surface area contributed by atoms with Gasteiger partial charge in [0.15, 0.2) is 0 Å². The normalized spacial score (nSPS) is 31.7. The molecule has 0 saturated heterocycles. The Labute approximate surface area is 173 Å². The van der Waals surface area contributed by atoms with E-state index in [4.69, 9.17) is 0 Å². The van der Waals surface area contributed by atoms with E-state index in [0.717, 1.165) is 43.3 Å². The Kier molecular flexibility index (Phi) is 6.27. The summed E-state index contributed by atoms with van der Waals surface area (Å²) >= 11 is 0. The molecule has 4 heteroatoms. The summed E-state index contributed by atoms with van der Waals surface area (Å²) in [6.45, 7) is 2.30. The Morgan fingerprint density at radius 2 is 1.72 bits per heavy atom. The summed E-state index contributed by atoms with van der Waals surface area (Å²) in [6.07, 6.45) is 13.1. The average molecular weight is 405 g/mol. The molecule has 3 aliphatic carbocycles. The van der Waals surface area contributed by atoms with E-state index in [0.29, 0.717) is 23.8 Å². The second-order valence-electron chi connectivity index (χ2n) is 9.74. The van der Waals surface area contributed by atoms with Gasteiger partial charge in [-0.3, -0.25) is 0 Å². The van der Waals surface area contributed by atoms with E-state index < -0.39 is 23.2 Å². The van der Waals surface area contributed by atoms with Gasteiger partial charge in [-0.15, -0.1) is 0 Å². The molecule has 3 aliphatic rings. The van der Waals surface area contributed by atoms with E-state index in [1.54, 1.807) is 0 Å². The molecule has 1 aromatic rings. The Hall–Kier alpha value is -1.45. The quantitative estimate of drug-likeness (QED) is 0.536. The standard InChI is InChI=1S/C25H34F2O2/c1-3-4-15-5-6-17-12-18(8-7-16(17)11-15)19-9-10-21-20(13-19)14-22(26)23(24(21)27)25(28)29-2/h14-19H,3-13H2,1-2H3. The van der Waals surface area contributed by atoms with Crippen LogP contribution in [-0.4, -0.2) is 13.1 Å². The Morgan fingerprint density at radius 3 is 2.45 bits per heavy atom. The van der Waals surface area contributed by atoms with Crippen LogP contribution in [0.3, 0.4) is 0 Å². The van der Waals surface area contributed by atoms with Gasteiger partial charge in [0.1, 0.15) is 17.2 Å². The molecule has 0 spiro atoms. The van der Waals surface area contributed by atoms with Crippen LogP contribution in [0.1, 0.15) is 86.2 Å². The predicted octanol–water partition coefficient (Wildman–Crippen LogP) is 6.49. The molecule has 5 unspecified atom stereocenters. The molecule has 1 aromatic carbocycles. The van der Waals surface area contributed by atoms with Crippen LogP contribution in [0, 0.1) is 41.2 Å². The lowest BCUT2D eigenvalue weighted by Crippen LogP contribution is -2.35. The molecule has 0 N–H and O–H groups in total. The Bertz CT molecular complexity index is 760. The zero-order chi connectivity index (χ0) is 20.5. The molecule has 2 nitrogen and oxygen atoms in total. The molecule has 160 valence electrons. The van der Waals surface area contributed by atoms with E-state index in [1.165, 1.54) is 57.4 Å². The highest BCUT2D eigenvalue weighted by atomic mass is 19.1. The van der Waals surface area contributed by atoms with Gasteiger partial charge >= 0.3 is 5.97 Å².